The van der Waals surface area contributed by atoms with Gasteiger partial charge in [0.2, 0.25) is 0 Å². The standard InChI is InChI=1S/C8H8BrN/c1-2-3-7-4-5-10-8(9)6-7/h2,4-6H,1,3H2. The molecule has 2 heteroatoms. The van der Waals surface area contributed by atoms with Crippen molar-refractivity contribution in [2.45, 2.75) is 6.42 Å². The lowest BCUT2D eigenvalue weighted by Gasteiger charge is -1.94. The molecule has 1 aromatic heterocycles. The third-order valence-corrected chi connectivity index (χ3v) is 1.60. The molecule has 0 spiro atoms. The van der Waals surface area contributed by atoms with Crippen LogP contribution in [-0.2, 0) is 6.42 Å². The van der Waals surface area contributed by atoms with E-state index >= 15 is 0 Å². The maximum Gasteiger partial charge on any atom is 0.106 e. The van der Waals surface area contributed by atoms with E-state index < -0.39 is 0 Å². The Morgan fingerprint density at radius 3 is 3.10 bits per heavy atom. The van der Waals surface area contributed by atoms with Crippen LogP contribution >= 0.6 is 15.9 Å². The van der Waals surface area contributed by atoms with Gasteiger partial charge < -0.3 is 0 Å². The lowest BCUT2D eigenvalue weighted by atomic mass is 10.2. The zero-order chi connectivity index (χ0) is 7.40. The Labute approximate surface area is 68.9 Å². The van der Waals surface area contributed by atoms with Gasteiger partial charge in [0, 0.05) is 6.20 Å². The Bertz CT molecular complexity index is 232. The molecule has 1 nitrogen and oxygen atoms in total. The normalized spacial score (nSPS) is 9.30. The third kappa shape index (κ3) is 1.95. The number of pyridine rings is 1. The number of hydrogen-bond donors (Lipinski definition) is 0. The number of hydrogen-bond acceptors (Lipinski definition) is 1. The van der Waals surface area contributed by atoms with Crippen LogP contribution in [0.15, 0.2) is 35.6 Å². The molecule has 1 heterocycles. The Kier molecular flexibility index (Phi) is 2.63. The molecule has 0 atom stereocenters. The summed E-state index contributed by atoms with van der Waals surface area (Å²) in [6.45, 7) is 3.65. The summed E-state index contributed by atoms with van der Waals surface area (Å²) in [7, 11) is 0. The number of allylic oxidation sites excluding steroid dienone is 1. The van der Waals surface area contributed by atoms with E-state index in [-0.39, 0.29) is 0 Å². The third-order valence-electron chi connectivity index (χ3n) is 1.17. The summed E-state index contributed by atoms with van der Waals surface area (Å²) < 4.78 is 0.881. The molecule has 0 aliphatic rings. The van der Waals surface area contributed by atoms with Gasteiger partial charge in [-0.25, -0.2) is 4.98 Å². The van der Waals surface area contributed by atoms with Crippen molar-refractivity contribution in [1.29, 1.82) is 0 Å². The second-order valence-corrected chi connectivity index (χ2v) is 2.79. The Hall–Kier alpha value is -0.630. The average Bonchev–Trinajstić information content (AvgIpc) is 1.88. The molecule has 0 unspecified atom stereocenters. The second-order valence-electron chi connectivity index (χ2n) is 1.98. The van der Waals surface area contributed by atoms with E-state index in [4.69, 9.17) is 0 Å². The second kappa shape index (κ2) is 3.52. The fourth-order valence-corrected chi connectivity index (χ4v) is 1.15. The Morgan fingerprint density at radius 1 is 1.70 bits per heavy atom. The van der Waals surface area contributed by atoms with Gasteiger partial charge in [-0.3, -0.25) is 0 Å². The minimum Gasteiger partial charge on any atom is -0.249 e. The number of halogens is 1. The summed E-state index contributed by atoms with van der Waals surface area (Å²) in [6.07, 6.45) is 4.56. The van der Waals surface area contributed by atoms with Crippen molar-refractivity contribution < 1.29 is 0 Å². The smallest absolute Gasteiger partial charge is 0.106 e. The molecular weight excluding hydrogens is 190 g/mol. The van der Waals surface area contributed by atoms with Crippen LogP contribution < -0.4 is 0 Å². The van der Waals surface area contributed by atoms with E-state index in [1.165, 1.54) is 5.56 Å². The van der Waals surface area contributed by atoms with Crippen LogP contribution in [0.4, 0.5) is 0 Å². The van der Waals surface area contributed by atoms with Crippen LogP contribution in [0.25, 0.3) is 0 Å². The molecule has 0 fully saturated rings. The largest absolute Gasteiger partial charge is 0.249 e. The Balaban J connectivity index is 2.84. The fraction of sp³-hybridized carbons (Fsp3) is 0.125. The maximum absolute atomic E-state index is 4.00. The average molecular weight is 198 g/mol. The molecule has 1 rings (SSSR count). The van der Waals surface area contributed by atoms with Crippen LogP contribution in [-0.4, -0.2) is 4.98 Å². The highest BCUT2D eigenvalue weighted by Crippen LogP contribution is 2.08. The van der Waals surface area contributed by atoms with Crippen LogP contribution in [0.2, 0.25) is 0 Å². The van der Waals surface area contributed by atoms with Crippen LogP contribution in [0.3, 0.4) is 0 Å². The summed E-state index contributed by atoms with van der Waals surface area (Å²) >= 11 is 3.29. The van der Waals surface area contributed by atoms with Crippen molar-refractivity contribution in [1.82, 2.24) is 4.98 Å². The van der Waals surface area contributed by atoms with Gasteiger partial charge in [0.15, 0.2) is 0 Å². The molecule has 1 aromatic rings. The number of nitrogens with zero attached hydrogens (tertiary/aromatic N) is 1. The van der Waals surface area contributed by atoms with Gasteiger partial charge in [-0.15, -0.1) is 6.58 Å². The topological polar surface area (TPSA) is 12.9 Å². The van der Waals surface area contributed by atoms with Gasteiger partial charge in [0.05, 0.1) is 0 Å². The summed E-state index contributed by atoms with van der Waals surface area (Å²) in [5.41, 5.74) is 1.23. The van der Waals surface area contributed by atoms with Crippen LogP contribution in [0, 0.1) is 0 Å². The van der Waals surface area contributed by atoms with Crippen molar-refractivity contribution in [2.75, 3.05) is 0 Å². The van der Waals surface area contributed by atoms with E-state index in [9.17, 15) is 0 Å². The lowest BCUT2D eigenvalue weighted by Crippen LogP contribution is -1.81. The number of rotatable bonds is 2. The van der Waals surface area contributed by atoms with E-state index in [1.807, 2.05) is 18.2 Å². The zero-order valence-corrected chi connectivity index (χ0v) is 7.13. The van der Waals surface area contributed by atoms with E-state index in [1.54, 1.807) is 6.20 Å². The van der Waals surface area contributed by atoms with Crippen LogP contribution in [0.5, 0.6) is 0 Å². The molecule has 52 valence electrons. The molecule has 0 saturated carbocycles. The maximum atomic E-state index is 4.00. The minimum absolute atomic E-state index is 0.881. The van der Waals surface area contributed by atoms with Crippen molar-refractivity contribution in [3.05, 3.63) is 41.2 Å². The molecule has 0 aliphatic carbocycles. The SMILES string of the molecule is C=CCc1ccnc(Br)c1. The minimum atomic E-state index is 0.881. The van der Waals surface area contributed by atoms with Crippen molar-refractivity contribution >= 4 is 15.9 Å². The summed E-state index contributed by atoms with van der Waals surface area (Å²) in [5, 5.41) is 0. The molecule has 0 aliphatic heterocycles. The van der Waals surface area contributed by atoms with Crippen molar-refractivity contribution in [3.8, 4) is 0 Å². The first-order valence-corrected chi connectivity index (χ1v) is 3.83. The fourth-order valence-electron chi connectivity index (χ4n) is 0.736. The highest BCUT2D eigenvalue weighted by Gasteiger charge is 1.89. The van der Waals surface area contributed by atoms with Gasteiger partial charge in [-0.1, -0.05) is 6.08 Å². The summed E-state index contributed by atoms with van der Waals surface area (Å²) in [4.78, 5) is 4.00. The quantitative estimate of drug-likeness (QED) is 0.525. The zero-order valence-electron chi connectivity index (χ0n) is 5.55. The molecule has 0 radical (unpaired) electrons. The van der Waals surface area contributed by atoms with Gasteiger partial charge >= 0.3 is 0 Å². The van der Waals surface area contributed by atoms with Gasteiger partial charge in [-0.2, -0.15) is 0 Å². The molecule has 0 amide bonds. The first-order valence-electron chi connectivity index (χ1n) is 3.04. The van der Waals surface area contributed by atoms with Crippen molar-refractivity contribution in [2.24, 2.45) is 0 Å². The van der Waals surface area contributed by atoms with Crippen molar-refractivity contribution in [3.63, 3.8) is 0 Å². The lowest BCUT2D eigenvalue weighted by molar-refractivity contribution is 1.19. The predicted octanol–water partition coefficient (Wildman–Crippen LogP) is 2.57. The molecular formula is C8H8BrN. The van der Waals surface area contributed by atoms with Gasteiger partial charge in [0.25, 0.3) is 0 Å². The predicted molar refractivity (Wildman–Crippen MR) is 45.8 cm³/mol. The van der Waals surface area contributed by atoms with E-state index in [0.29, 0.717) is 0 Å². The van der Waals surface area contributed by atoms with Gasteiger partial charge in [0.1, 0.15) is 4.60 Å². The number of aromatic nitrogens is 1. The Morgan fingerprint density at radius 2 is 2.50 bits per heavy atom. The first-order chi connectivity index (χ1) is 4.83. The molecule has 10 heavy (non-hydrogen) atoms. The van der Waals surface area contributed by atoms with Gasteiger partial charge in [-0.05, 0) is 40.0 Å². The van der Waals surface area contributed by atoms with E-state index in [2.05, 4.69) is 27.5 Å². The molecule has 0 aromatic carbocycles. The van der Waals surface area contributed by atoms with E-state index in [0.717, 1.165) is 11.0 Å². The molecule has 0 saturated heterocycles. The highest BCUT2D eigenvalue weighted by atomic mass is 79.9. The molecule has 0 N–H and O–H groups in total. The summed E-state index contributed by atoms with van der Waals surface area (Å²) in [6, 6.07) is 3.97. The first kappa shape index (κ1) is 7.48. The monoisotopic (exact) mass is 197 g/mol. The van der Waals surface area contributed by atoms with Crippen LogP contribution in [0.1, 0.15) is 5.56 Å². The highest BCUT2D eigenvalue weighted by molar-refractivity contribution is 9.10. The molecule has 0 bridgehead atoms. The summed E-state index contributed by atoms with van der Waals surface area (Å²) in [5.74, 6) is 0.